The normalized spacial score (nSPS) is 10.2. The number of nitrogens with one attached hydrogen (secondary N) is 3. The zero-order valence-corrected chi connectivity index (χ0v) is 34.5. The number of nitrogens with zero attached hydrogens (tertiary/aromatic N) is 2. The predicted octanol–water partition coefficient (Wildman–Crippen LogP) is 4.24. The summed E-state index contributed by atoms with van der Waals surface area (Å²) in [7, 11) is 0. The van der Waals surface area contributed by atoms with Gasteiger partial charge < -0.3 is 54.4 Å². The fraction of sp³-hybridized carbons (Fsp3) is 0.892. The van der Waals surface area contributed by atoms with E-state index in [0.717, 1.165) is 70.4 Å². The third-order valence-electron chi connectivity index (χ3n) is 7.30. The molecule has 0 aromatic rings. The van der Waals surface area contributed by atoms with Crippen molar-refractivity contribution < 1.29 is 19.2 Å². The molecule has 0 aromatic carbocycles. The maximum absolute atomic E-state index is 12.6. The number of unbranched alkanes of at least 4 members (excludes halogenated alkanes) is 4. The zero-order chi connectivity index (χ0) is 40.1. The second-order valence-electron chi connectivity index (χ2n) is 11.7. The lowest BCUT2D eigenvalue weighted by molar-refractivity contribution is -0.119. The molecule has 0 aromatic heterocycles. The summed E-state index contributed by atoms with van der Waals surface area (Å²) < 4.78 is 0. The molecule has 0 fully saturated rings. The van der Waals surface area contributed by atoms with Crippen molar-refractivity contribution in [3.63, 3.8) is 0 Å². The third-order valence-corrected chi connectivity index (χ3v) is 7.30. The fourth-order valence-electron chi connectivity index (χ4n) is 4.08. The Balaban J connectivity index is -0.000000342. The molecule has 308 valence electrons. The van der Waals surface area contributed by atoms with Crippen molar-refractivity contribution in [2.45, 2.75) is 139 Å². The van der Waals surface area contributed by atoms with E-state index >= 15 is 0 Å². The largest absolute Gasteiger partial charge is 0.370 e. The molecule has 51 heavy (non-hydrogen) atoms. The first-order valence-corrected chi connectivity index (χ1v) is 19.9. The number of hydrogen-bond donors (Lipinski definition) is 8. The molecule has 0 rings (SSSR count). The lowest BCUT2D eigenvalue weighted by Crippen LogP contribution is -2.44. The molecule has 13 N–H and O–H groups in total. The van der Waals surface area contributed by atoms with Crippen LogP contribution in [0, 0.1) is 5.92 Å². The van der Waals surface area contributed by atoms with Crippen molar-refractivity contribution in [3.8, 4) is 0 Å². The summed E-state index contributed by atoms with van der Waals surface area (Å²) in [5.41, 5.74) is 26.7. The van der Waals surface area contributed by atoms with Crippen LogP contribution in [0.1, 0.15) is 139 Å². The molecule has 0 aliphatic heterocycles. The Morgan fingerprint density at radius 2 is 0.882 bits per heavy atom. The molecule has 0 aliphatic carbocycles. The summed E-state index contributed by atoms with van der Waals surface area (Å²) in [6.07, 6.45) is 12.2. The van der Waals surface area contributed by atoms with Gasteiger partial charge in [0.25, 0.3) is 0 Å². The van der Waals surface area contributed by atoms with Gasteiger partial charge in [-0.25, -0.2) is 9.59 Å². The van der Waals surface area contributed by atoms with E-state index in [9.17, 15) is 19.2 Å². The van der Waals surface area contributed by atoms with Crippen LogP contribution in [0.15, 0.2) is 0 Å². The molecule has 0 bridgehead atoms. The molecule has 1 atom stereocenters. The van der Waals surface area contributed by atoms with Crippen LogP contribution in [-0.2, 0) is 9.59 Å². The van der Waals surface area contributed by atoms with E-state index in [4.69, 9.17) is 22.9 Å². The van der Waals surface area contributed by atoms with Gasteiger partial charge in [-0.15, -0.1) is 0 Å². The van der Waals surface area contributed by atoms with Gasteiger partial charge in [-0.05, 0) is 83.5 Å². The lowest BCUT2D eigenvalue weighted by Gasteiger charge is -2.25. The molecular weight excluding hydrogens is 648 g/mol. The molecule has 0 saturated carbocycles. The van der Waals surface area contributed by atoms with Crippen molar-refractivity contribution in [1.82, 2.24) is 25.8 Å². The number of amides is 6. The van der Waals surface area contributed by atoms with Gasteiger partial charge in [-0.1, -0.05) is 74.1 Å². The van der Waals surface area contributed by atoms with Gasteiger partial charge >= 0.3 is 12.1 Å². The summed E-state index contributed by atoms with van der Waals surface area (Å²) >= 11 is 0. The Kier molecular flexibility index (Phi) is 55.9. The van der Waals surface area contributed by atoms with Gasteiger partial charge in [0.2, 0.25) is 11.8 Å². The van der Waals surface area contributed by atoms with E-state index in [0.29, 0.717) is 71.7 Å². The molecule has 0 heterocycles. The van der Waals surface area contributed by atoms with Gasteiger partial charge in [0.1, 0.15) is 0 Å². The highest BCUT2D eigenvalue weighted by atomic mass is 16.2. The number of primary amides is 1. The van der Waals surface area contributed by atoms with Crippen LogP contribution in [0.25, 0.3) is 0 Å². The number of carbonyl (C=O) groups excluding carboxylic acids is 4. The summed E-state index contributed by atoms with van der Waals surface area (Å²) in [4.78, 5) is 48.9. The minimum Gasteiger partial charge on any atom is -0.370 e. The second-order valence-corrected chi connectivity index (χ2v) is 11.7. The summed E-state index contributed by atoms with van der Waals surface area (Å²) in [6.45, 7) is 22.4. The number of nitrogens with two attached hydrogens (primary N) is 5. The van der Waals surface area contributed by atoms with Crippen LogP contribution in [0.4, 0.5) is 9.59 Å². The van der Waals surface area contributed by atoms with E-state index in [1.54, 1.807) is 16.7 Å². The molecule has 14 heteroatoms. The first kappa shape index (κ1) is 57.7. The summed E-state index contributed by atoms with van der Waals surface area (Å²) in [6, 6.07) is -0.199. The average molecular weight is 735 g/mol. The van der Waals surface area contributed by atoms with Crippen LogP contribution in [0.5, 0.6) is 0 Å². The number of hydrogen-bond acceptors (Lipinski definition) is 8. The van der Waals surface area contributed by atoms with E-state index < -0.39 is 0 Å². The number of urea groups is 2. The first-order valence-electron chi connectivity index (χ1n) is 19.9. The van der Waals surface area contributed by atoms with Crippen LogP contribution in [0.3, 0.4) is 0 Å². The molecule has 14 nitrogen and oxygen atoms in total. The maximum atomic E-state index is 12.6. The van der Waals surface area contributed by atoms with Crippen molar-refractivity contribution >= 4 is 23.9 Å². The molecule has 0 radical (unpaired) electrons. The van der Waals surface area contributed by atoms with Gasteiger partial charge in [0, 0.05) is 59.2 Å². The first-order chi connectivity index (χ1) is 24.5. The van der Waals surface area contributed by atoms with Crippen molar-refractivity contribution in [2.75, 3.05) is 72.0 Å². The van der Waals surface area contributed by atoms with E-state index in [1.807, 2.05) is 27.7 Å². The Bertz CT molecular complexity index is 740. The molecule has 6 amide bonds. The van der Waals surface area contributed by atoms with E-state index in [-0.39, 0.29) is 23.9 Å². The highest BCUT2D eigenvalue weighted by Gasteiger charge is 2.14. The van der Waals surface area contributed by atoms with Gasteiger partial charge in [-0.2, -0.15) is 0 Å². The third kappa shape index (κ3) is 49.5. The van der Waals surface area contributed by atoms with Crippen molar-refractivity contribution in [2.24, 2.45) is 34.6 Å². The van der Waals surface area contributed by atoms with Crippen LogP contribution >= 0.6 is 0 Å². The summed E-state index contributed by atoms with van der Waals surface area (Å²) in [5.74, 6) is 0.639. The average Bonchev–Trinajstić information content (AvgIpc) is 3.14. The fourth-order valence-corrected chi connectivity index (χ4v) is 4.08. The zero-order valence-electron chi connectivity index (χ0n) is 34.5. The number of carbonyl (C=O) groups is 4. The molecule has 0 aliphatic rings. The van der Waals surface area contributed by atoms with Crippen molar-refractivity contribution in [3.05, 3.63) is 0 Å². The highest BCUT2D eigenvalue weighted by molar-refractivity contribution is 5.75. The quantitative estimate of drug-likeness (QED) is 0.0597. The second kappa shape index (κ2) is 49.4. The van der Waals surface area contributed by atoms with Crippen LogP contribution < -0.4 is 44.6 Å². The Morgan fingerprint density at radius 3 is 1.22 bits per heavy atom. The maximum Gasteiger partial charge on any atom is 0.317 e. The predicted molar refractivity (Wildman–Crippen MR) is 217 cm³/mol. The monoisotopic (exact) mass is 735 g/mol. The molecule has 1 unspecified atom stereocenters. The molecular formula is C37H86N10O4. The van der Waals surface area contributed by atoms with Crippen LogP contribution in [-0.4, -0.2) is 106 Å². The van der Waals surface area contributed by atoms with Gasteiger partial charge in [-0.3, -0.25) is 9.59 Å². The topological polar surface area (TPSA) is 241 Å². The molecule has 0 saturated heterocycles. The smallest absolute Gasteiger partial charge is 0.317 e. The van der Waals surface area contributed by atoms with Gasteiger partial charge in [0.05, 0.1) is 0 Å². The number of rotatable bonds is 26. The Morgan fingerprint density at radius 1 is 0.549 bits per heavy atom. The lowest BCUT2D eigenvalue weighted by atomic mass is 10.0. The standard InChI is InChI=1S/C23H50N8O3.C7H17N.C3H7NO.2C2H6/c1-21(32)27-14-5-3-2-4-6-15-28-22(33)31(19-9-13-26)20-10-16-29-23(34)30(17-7-11-24)18-8-12-25;1-3-7(2)5-4-6-8;1-2-3(4)5;2*1-2/h2-20,24-26H2,1H3,(H,27,32)(H,28,33)(H,29,34);7H,3-6,8H2,1-2H3;2H2,1H3,(H2,4,5);2*1-2H3. The van der Waals surface area contributed by atoms with E-state index in [2.05, 4.69) is 35.5 Å². The Hall–Kier alpha value is -2.68. The Labute approximate surface area is 313 Å². The van der Waals surface area contributed by atoms with Crippen molar-refractivity contribution in [1.29, 1.82) is 0 Å². The van der Waals surface area contributed by atoms with E-state index in [1.165, 1.54) is 26.2 Å². The highest BCUT2D eigenvalue weighted by Crippen LogP contribution is 2.07. The summed E-state index contributed by atoms with van der Waals surface area (Å²) in [5, 5.41) is 8.73. The minimum absolute atomic E-state index is 0.0104. The SMILES string of the molecule is CC.CC.CC(=O)NCCCCCCCNC(=O)N(CCCN)CCCNC(=O)N(CCCN)CCCN.CCC(C)CCCN.CCC(N)=O. The molecule has 0 spiro atoms. The van der Waals surface area contributed by atoms with Crippen LogP contribution in [0.2, 0.25) is 0 Å². The minimum atomic E-state index is -0.245. The van der Waals surface area contributed by atoms with Gasteiger partial charge in [0.15, 0.2) is 0 Å².